The van der Waals surface area contributed by atoms with Gasteiger partial charge in [-0.05, 0) is 43.0 Å². The van der Waals surface area contributed by atoms with Crippen LogP contribution < -0.4 is 11.3 Å². The van der Waals surface area contributed by atoms with Gasteiger partial charge in [-0.25, -0.2) is 15.8 Å². The molecule has 4 nitrogen and oxygen atoms in total. The van der Waals surface area contributed by atoms with Gasteiger partial charge in [0.15, 0.2) is 5.82 Å². The maximum atomic E-state index is 5.51. The third-order valence-electron chi connectivity index (χ3n) is 2.97. The van der Waals surface area contributed by atoms with Crippen molar-refractivity contribution in [1.29, 1.82) is 0 Å². The third kappa shape index (κ3) is 3.55. The molecule has 0 aliphatic carbocycles. The van der Waals surface area contributed by atoms with Crippen molar-refractivity contribution in [2.45, 2.75) is 27.2 Å². The Hall–Kier alpha value is -1.46. The minimum Gasteiger partial charge on any atom is -0.308 e. The van der Waals surface area contributed by atoms with Crippen LogP contribution >= 0.6 is 15.9 Å². The number of hydrogen-bond donors (Lipinski definition) is 2. The van der Waals surface area contributed by atoms with Crippen LogP contribution in [0.2, 0.25) is 0 Å². The van der Waals surface area contributed by atoms with Crippen LogP contribution in [-0.4, -0.2) is 9.97 Å². The molecule has 5 heteroatoms. The number of hydrazine groups is 1. The fourth-order valence-electron chi connectivity index (χ4n) is 2.09. The third-order valence-corrected chi connectivity index (χ3v) is 3.47. The molecule has 0 amide bonds. The van der Waals surface area contributed by atoms with E-state index in [0.29, 0.717) is 17.6 Å². The van der Waals surface area contributed by atoms with Gasteiger partial charge in [-0.2, -0.15) is 0 Å². The van der Waals surface area contributed by atoms with Crippen LogP contribution in [0.5, 0.6) is 0 Å². The fourth-order valence-corrected chi connectivity index (χ4v) is 2.57. The van der Waals surface area contributed by atoms with Crippen LogP contribution in [-0.2, 0) is 6.42 Å². The molecule has 0 radical (unpaired) electrons. The van der Waals surface area contributed by atoms with Gasteiger partial charge < -0.3 is 5.43 Å². The molecule has 0 bridgehead atoms. The summed E-state index contributed by atoms with van der Waals surface area (Å²) in [7, 11) is 0. The zero-order valence-corrected chi connectivity index (χ0v) is 13.5. The number of nitrogens with two attached hydrogens (primary N) is 1. The number of hydrogen-bond acceptors (Lipinski definition) is 4. The number of aromatic nitrogens is 2. The van der Waals surface area contributed by atoms with Crippen molar-refractivity contribution in [2.75, 3.05) is 5.43 Å². The van der Waals surface area contributed by atoms with E-state index in [4.69, 9.17) is 5.84 Å². The van der Waals surface area contributed by atoms with E-state index in [2.05, 4.69) is 51.2 Å². The molecule has 1 aromatic heterocycles. The van der Waals surface area contributed by atoms with Crippen molar-refractivity contribution in [2.24, 2.45) is 11.8 Å². The van der Waals surface area contributed by atoms with E-state index in [0.717, 1.165) is 27.7 Å². The fraction of sp³-hybridized carbons (Fsp3) is 0.333. The van der Waals surface area contributed by atoms with Crippen LogP contribution in [0.15, 0.2) is 28.7 Å². The number of nitrogen functional groups attached to an aromatic ring is 1. The van der Waals surface area contributed by atoms with Gasteiger partial charge in [-0.1, -0.05) is 29.8 Å². The van der Waals surface area contributed by atoms with Crippen molar-refractivity contribution >= 4 is 21.7 Å². The lowest BCUT2D eigenvalue weighted by atomic mass is 10.1. The second-order valence-electron chi connectivity index (χ2n) is 5.27. The summed E-state index contributed by atoms with van der Waals surface area (Å²) in [6.45, 7) is 6.39. The highest BCUT2D eigenvalue weighted by atomic mass is 79.9. The summed E-state index contributed by atoms with van der Waals surface area (Å²) in [5.74, 6) is 7.40. The monoisotopic (exact) mass is 334 g/mol. The molecule has 3 N–H and O–H groups in total. The number of halogens is 1. The zero-order chi connectivity index (χ0) is 14.7. The number of benzene rings is 1. The summed E-state index contributed by atoms with van der Waals surface area (Å²) >= 11 is 3.47. The molecule has 2 rings (SSSR count). The summed E-state index contributed by atoms with van der Waals surface area (Å²) in [5, 5.41) is 0. The quantitative estimate of drug-likeness (QED) is 0.661. The molecular weight excluding hydrogens is 316 g/mol. The molecule has 0 saturated heterocycles. The predicted octanol–water partition coefficient (Wildman–Crippen LogP) is 3.70. The molecule has 0 aliphatic heterocycles. The molecule has 0 saturated carbocycles. The molecule has 0 atom stereocenters. The van der Waals surface area contributed by atoms with Crippen LogP contribution in [0.4, 0.5) is 5.82 Å². The van der Waals surface area contributed by atoms with Crippen LogP contribution in [0.25, 0.3) is 11.4 Å². The normalized spacial score (nSPS) is 10.9. The van der Waals surface area contributed by atoms with Gasteiger partial charge in [0.05, 0.1) is 0 Å². The van der Waals surface area contributed by atoms with Crippen LogP contribution in [0.3, 0.4) is 0 Å². The average Bonchev–Trinajstić information content (AvgIpc) is 2.37. The van der Waals surface area contributed by atoms with Crippen LogP contribution in [0, 0.1) is 12.8 Å². The average molecular weight is 335 g/mol. The van der Waals surface area contributed by atoms with Crippen LogP contribution in [0.1, 0.15) is 25.1 Å². The lowest BCUT2D eigenvalue weighted by Crippen LogP contribution is -2.11. The Kier molecular flexibility index (Phi) is 4.73. The van der Waals surface area contributed by atoms with E-state index >= 15 is 0 Å². The number of aryl methyl sites for hydroxylation is 1. The van der Waals surface area contributed by atoms with Gasteiger partial charge in [-0.15, -0.1) is 0 Å². The maximum Gasteiger partial charge on any atom is 0.162 e. The molecule has 0 spiro atoms. The Morgan fingerprint density at radius 2 is 2.00 bits per heavy atom. The highest BCUT2D eigenvalue weighted by Crippen LogP contribution is 2.25. The van der Waals surface area contributed by atoms with Crippen molar-refractivity contribution < 1.29 is 0 Å². The first-order chi connectivity index (χ1) is 9.49. The van der Waals surface area contributed by atoms with Gasteiger partial charge >= 0.3 is 0 Å². The van der Waals surface area contributed by atoms with Gasteiger partial charge in [-0.3, -0.25) is 0 Å². The topological polar surface area (TPSA) is 63.8 Å². The molecule has 0 fully saturated rings. The molecule has 0 unspecified atom stereocenters. The molecular formula is C15H19BrN4. The Balaban J connectivity index is 2.49. The maximum absolute atomic E-state index is 5.51. The zero-order valence-electron chi connectivity index (χ0n) is 11.9. The standard InChI is InChI=1S/C15H19BrN4/c1-9(2)6-12-8-14(20-17)19-15(18-12)13-5-4-11(16)7-10(13)3/h4-5,7-9H,6,17H2,1-3H3,(H,18,19,20). The second kappa shape index (κ2) is 6.33. The highest BCUT2D eigenvalue weighted by molar-refractivity contribution is 9.10. The molecule has 0 aliphatic rings. The van der Waals surface area contributed by atoms with E-state index in [9.17, 15) is 0 Å². The first-order valence-electron chi connectivity index (χ1n) is 6.60. The summed E-state index contributed by atoms with van der Waals surface area (Å²) in [6, 6.07) is 7.98. The molecule has 1 aromatic carbocycles. The number of anilines is 1. The molecule has 20 heavy (non-hydrogen) atoms. The van der Waals surface area contributed by atoms with E-state index in [1.165, 1.54) is 0 Å². The van der Waals surface area contributed by atoms with Gasteiger partial charge in [0.25, 0.3) is 0 Å². The van der Waals surface area contributed by atoms with E-state index in [1.54, 1.807) is 0 Å². The summed E-state index contributed by atoms with van der Waals surface area (Å²) in [4.78, 5) is 9.12. The Morgan fingerprint density at radius 1 is 1.25 bits per heavy atom. The highest BCUT2D eigenvalue weighted by Gasteiger charge is 2.10. The predicted molar refractivity (Wildman–Crippen MR) is 86.3 cm³/mol. The summed E-state index contributed by atoms with van der Waals surface area (Å²) in [6.07, 6.45) is 0.903. The van der Waals surface area contributed by atoms with E-state index in [-0.39, 0.29) is 0 Å². The van der Waals surface area contributed by atoms with Gasteiger partial charge in [0.2, 0.25) is 0 Å². The van der Waals surface area contributed by atoms with Crippen molar-refractivity contribution in [3.8, 4) is 11.4 Å². The second-order valence-corrected chi connectivity index (χ2v) is 6.19. The van der Waals surface area contributed by atoms with Gasteiger partial charge in [0, 0.05) is 21.8 Å². The smallest absolute Gasteiger partial charge is 0.162 e. The Bertz CT molecular complexity index is 611. The Labute approximate surface area is 127 Å². The van der Waals surface area contributed by atoms with Crippen molar-refractivity contribution in [1.82, 2.24) is 9.97 Å². The number of rotatable bonds is 4. The summed E-state index contributed by atoms with van der Waals surface area (Å²) in [5.41, 5.74) is 5.77. The minimum atomic E-state index is 0.536. The Morgan fingerprint density at radius 3 is 2.60 bits per heavy atom. The lowest BCUT2D eigenvalue weighted by molar-refractivity contribution is 0.635. The number of nitrogens with zero attached hydrogens (tertiary/aromatic N) is 2. The molecule has 1 heterocycles. The first-order valence-corrected chi connectivity index (χ1v) is 7.40. The minimum absolute atomic E-state index is 0.536. The molecule has 106 valence electrons. The van der Waals surface area contributed by atoms with Crippen molar-refractivity contribution in [3.05, 3.63) is 40.0 Å². The van der Waals surface area contributed by atoms with Gasteiger partial charge in [0.1, 0.15) is 5.82 Å². The lowest BCUT2D eigenvalue weighted by Gasteiger charge is -2.11. The van der Waals surface area contributed by atoms with E-state index in [1.807, 2.05) is 25.1 Å². The van der Waals surface area contributed by atoms with Crippen molar-refractivity contribution in [3.63, 3.8) is 0 Å². The summed E-state index contributed by atoms with van der Waals surface area (Å²) < 4.78 is 1.05. The first kappa shape index (κ1) is 14.9. The SMILES string of the molecule is Cc1cc(Br)ccc1-c1nc(CC(C)C)cc(NN)n1. The number of nitrogens with one attached hydrogen (secondary N) is 1. The largest absolute Gasteiger partial charge is 0.308 e. The molecule has 2 aromatic rings. The van der Waals surface area contributed by atoms with E-state index < -0.39 is 0 Å².